The van der Waals surface area contributed by atoms with Crippen molar-refractivity contribution in [1.82, 2.24) is 10.0 Å². The third kappa shape index (κ3) is 4.40. The zero-order valence-electron chi connectivity index (χ0n) is 15.2. The van der Waals surface area contributed by atoms with Gasteiger partial charge in [0.15, 0.2) is 0 Å². The van der Waals surface area contributed by atoms with Crippen LogP contribution in [-0.2, 0) is 0 Å². The first kappa shape index (κ1) is 19.0. The molecule has 0 atom stereocenters. The molecule has 2 aromatic rings. The molecule has 0 saturated carbocycles. The monoisotopic (exact) mass is 358 g/mol. The number of aryl methyl sites for hydroxylation is 1. The van der Waals surface area contributed by atoms with Crippen molar-refractivity contribution in [3.8, 4) is 0 Å². The van der Waals surface area contributed by atoms with Gasteiger partial charge in [-0.05, 0) is 58.0 Å². The molecule has 0 radical (unpaired) electrons. The Morgan fingerprint density at radius 3 is 2.04 bits per heavy atom. The van der Waals surface area contributed by atoms with Crippen LogP contribution >= 0.6 is 11.6 Å². The maximum Gasteiger partial charge on any atom is 0.273 e. The van der Waals surface area contributed by atoms with E-state index in [1.54, 1.807) is 43.4 Å². The maximum atomic E-state index is 13.0. The number of halogens is 1. The molecule has 0 aliphatic heterocycles. The van der Waals surface area contributed by atoms with Crippen molar-refractivity contribution in [1.29, 1.82) is 0 Å². The van der Waals surface area contributed by atoms with Crippen molar-refractivity contribution in [2.24, 2.45) is 0 Å². The van der Waals surface area contributed by atoms with Gasteiger partial charge in [-0.15, -0.1) is 0 Å². The fraction of sp³-hybridized carbons (Fsp3) is 0.300. The Balaban J connectivity index is 2.38. The van der Waals surface area contributed by atoms with E-state index in [-0.39, 0.29) is 11.8 Å². The van der Waals surface area contributed by atoms with E-state index in [4.69, 9.17) is 11.6 Å². The number of rotatable bonds is 2. The summed E-state index contributed by atoms with van der Waals surface area (Å²) in [7, 11) is 1.61. The summed E-state index contributed by atoms with van der Waals surface area (Å²) in [5.74, 6) is -0.525. The number of carbonyl (C=O) groups excluding carboxylic acids is 2. The first-order valence-electron chi connectivity index (χ1n) is 8.06. The van der Waals surface area contributed by atoms with Crippen LogP contribution in [-0.4, -0.2) is 34.4 Å². The predicted molar refractivity (Wildman–Crippen MR) is 101 cm³/mol. The van der Waals surface area contributed by atoms with Crippen LogP contribution in [0.2, 0.25) is 5.02 Å². The highest BCUT2D eigenvalue weighted by molar-refractivity contribution is 6.31. The van der Waals surface area contributed by atoms with Gasteiger partial charge in [-0.1, -0.05) is 35.4 Å². The van der Waals surface area contributed by atoms with Crippen LogP contribution in [0.25, 0.3) is 0 Å². The summed E-state index contributed by atoms with van der Waals surface area (Å²) in [5, 5.41) is 3.31. The molecular weight excluding hydrogens is 336 g/mol. The van der Waals surface area contributed by atoms with Gasteiger partial charge in [0.1, 0.15) is 0 Å². The summed E-state index contributed by atoms with van der Waals surface area (Å²) < 4.78 is 0. The Morgan fingerprint density at radius 2 is 1.52 bits per heavy atom. The second kappa shape index (κ2) is 7.28. The van der Waals surface area contributed by atoms with Gasteiger partial charge < -0.3 is 0 Å². The van der Waals surface area contributed by atoms with Gasteiger partial charge in [-0.2, -0.15) is 0 Å². The second-order valence-corrected chi connectivity index (χ2v) is 7.43. The van der Waals surface area contributed by atoms with E-state index in [1.165, 1.54) is 10.0 Å². The lowest BCUT2D eigenvalue weighted by Crippen LogP contribution is -2.56. The molecule has 0 unspecified atom stereocenters. The van der Waals surface area contributed by atoms with Crippen molar-refractivity contribution < 1.29 is 9.59 Å². The van der Waals surface area contributed by atoms with E-state index in [0.717, 1.165) is 5.56 Å². The third-order valence-corrected chi connectivity index (χ3v) is 4.03. The zero-order valence-corrected chi connectivity index (χ0v) is 16.0. The normalized spacial score (nSPS) is 11.1. The first-order valence-corrected chi connectivity index (χ1v) is 8.44. The Bertz CT molecular complexity index is 779. The molecule has 0 N–H and O–H groups in total. The summed E-state index contributed by atoms with van der Waals surface area (Å²) in [6.07, 6.45) is 0. The number of carbonyl (C=O) groups is 2. The Morgan fingerprint density at radius 1 is 0.920 bits per heavy atom. The molecule has 4 nitrogen and oxygen atoms in total. The van der Waals surface area contributed by atoms with Gasteiger partial charge >= 0.3 is 0 Å². The van der Waals surface area contributed by atoms with E-state index in [0.29, 0.717) is 16.1 Å². The van der Waals surface area contributed by atoms with Crippen LogP contribution in [0.3, 0.4) is 0 Å². The van der Waals surface area contributed by atoms with Crippen LogP contribution in [0.15, 0.2) is 48.5 Å². The number of amides is 2. The van der Waals surface area contributed by atoms with Crippen molar-refractivity contribution in [2.75, 3.05) is 7.05 Å². The van der Waals surface area contributed by atoms with Crippen LogP contribution in [0.4, 0.5) is 0 Å². The first-order chi connectivity index (χ1) is 11.6. The van der Waals surface area contributed by atoms with E-state index in [2.05, 4.69) is 0 Å². The summed E-state index contributed by atoms with van der Waals surface area (Å²) >= 11 is 6.01. The highest BCUT2D eigenvalue weighted by Crippen LogP contribution is 2.22. The number of nitrogens with zero attached hydrogens (tertiary/aromatic N) is 2. The number of benzene rings is 2. The lowest BCUT2D eigenvalue weighted by Gasteiger charge is -2.41. The van der Waals surface area contributed by atoms with Crippen molar-refractivity contribution in [3.05, 3.63) is 70.2 Å². The smallest absolute Gasteiger partial charge is 0.267 e. The maximum absolute atomic E-state index is 13.0. The molecule has 2 aromatic carbocycles. The largest absolute Gasteiger partial charge is 0.273 e. The molecule has 132 valence electrons. The van der Waals surface area contributed by atoms with Gasteiger partial charge in [-0.3, -0.25) is 9.59 Å². The number of hydrazine groups is 1. The topological polar surface area (TPSA) is 40.6 Å². The summed E-state index contributed by atoms with van der Waals surface area (Å²) in [6, 6.07) is 14.0. The molecule has 5 heteroatoms. The molecule has 0 fully saturated rings. The van der Waals surface area contributed by atoms with E-state index in [9.17, 15) is 9.59 Å². The Hall–Kier alpha value is -2.33. The lowest BCUT2D eigenvalue weighted by molar-refractivity contribution is -0.0308. The molecule has 0 heterocycles. The quantitative estimate of drug-likeness (QED) is 0.737. The lowest BCUT2D eigenvalue weighted by atomic mass is 10.1. The van der Waals surface area contributed by atoms with Gasteiger partial charge in [0.2, 0.25) is 0 Å². The zero-order chi connectivity index (χ0) is 18.8. The van der Waals surface area contributed by atoms with Crippen molar-refractivity contribution >= 4 is 23.4 Å². The molecule has 0 spiro atoms. The Kier molecular flexibility index (Phi) is 5.53. The highest BCUT2D eigenvalue weighted by atomic mass is 35.5. The van der Waals surface area contributed by atoms with Crippen LogP contribution in [0.1, 0.15) is 47.1 Å². The van der Waals surface area contributed by atoms with Crippen molar-refractivity contribution in [2.45, 2.75) is 33.2 Å². The number of hydrogen-bond acceptors (Lipinski definition) is 2. The molecule has 25 heavy (non-hydrogen) atoms. The molecule has 0 aliphatic carbocycles. The van der Waals surface area contributed by atoms with Crippen LogP contribution < -0.4 is 0 Å². The average molecular weight is 359 g/mol. The molecule has 0 aliphatic rings. The van der Waals surface area contributed by atoms with Gasteiger partial charge in [0.05, 0.1) is 5.54 Å². The third-order valence-electron chi connectivity index (χ3n) is 3.79. The molecule has 2 amide bonds. The predicted octanol–water partition coefficient (Wildman–Crippen LogP) is 4.58. The minimum atomic E-state index is -0.589. The van der Waals surface area contributed by atoms with E-state index in [1.807, 2.05) is 39.8 Å². The molecule has 0 saturated heterocycles. The summed E-state index contributed by atoms with van der Waals surface area (Å²) in [4.78, 5) is 25.9. The van der Waals surface area contributed by atoms with Gasteiger partial charge in [0.25, 0.3) is 11.8 Å². The average Bonchev–Trinajstić information content (AvgIpc) is 2.53. The fourth-order valence-electron chi connectivity index (χ4n) is 2.61. The standard InChI is InChI=1S/C20H23ClN2O2/c1-14-9-11-15(12-10-14)18(24)22(5)23(20(2,3)4)19(25)16-7-6-8-17(21)13-16/h6-13H,1-5H3. The van der Waals surface area contributed by atoms with Crippen LogP contribution in [0, 0.1) is 6.92 Å². The summed E-state index contributed by atoms with van der Waals surface area (Å²) in [5.41, 5.74) is 1.45. The molecule has 0 bridgehead atoms. The molecule has 2 rings (SSSR count). The Labute approximate surface area is 154 Å². The summed E-state index contributed by atoms with van der Waals surface area (Å²) in [6.45, 7) is 7.61. The molecular formula is C20H23ClN2O2. The van der Waals surface area contributed by atoms with Crippen LogP contribution in [0.5, 0.6) is 0 Å². The minimum Gasteiger partial charge on any atom is -0.267 e. The second-order valence-electron chi connectivity index (χ2n) is 6.99. The van der Waals surface area contributed by atoms with E-state index < -0.39 is 5.54 Å². The van der Waals surface area contributed by atoms with Crippen molar-refractivity contribution in [3.63, 3.8) is 0 Å². The minimum absolute atomic E-state index is 0.245. The highest BCUT2D eigenvalue weighted by Gasteiger charge is 2.34. The fourth-order valence-corrected chi connectivity index (χ4v) is 2.80. The van der Waals surface area contributed by atoms with E-state index >= 15 is 0 Å². The number of hydrogen-bond donors (Lipinski definition) is 0. The van der Waals surface area contributed by atoms with Gasteiger partial charge in [0, 0.05) is 23.2 Å². The van der Waals surface area contributed by atoms with Gasteiger partial charge in [-0.25, -0.2) is 10.0 Å². The molecule has 0 aromatic heterocycles. The SMILES string of the molecule is Cc1ccc(C(=O)N(C)N(C(=O)c2cccc(Cl)c2)C(C)(C)C)cc1.